The molecule has 0 aliphatic carbocycles. The van der Waals surface area contributed by atoms with E-state index >= 15 is 4.39 Å². The van der Waals surface area contributed by atoms with Crippen LogP contribution in [0.4, 0.5) is 29.1 Å². The number of pyridine rings is 1. The molecule has 14 heteroatoms. The molecule has 0 saturated carbocycles. The van der Waals surface area contributed by atoms with Gasteiger partial charge in [0.1, 0.15) is 29.0 Å². The third-order valence-corrected chi connectivity index (χ3v) is 8.90. The Kier molecular flexibility index (Phi) is 9.73. The van der Waals surface area contributed by atoms with E-state index in [0.29, 0.717) is 45.0 Å². The average Bonchev–Trinajstić information content (AvgIpc) is 3.55. The first-order valence-corrected chi connectivity index (χ1v) is 15.2. The predicted molar refractivity (Wildman–Crippen MR) is 164 cm³/mol. The van der Waals surface area contributed by atoms with Crippen LogP contribution in [0.1, 0.15) is 37.7 Å². The minimum absolute atomic E-state index is 0. The summed E-state index contributed by atoms with van der Waals surface area (Å²) in [6, 6.07) is 4.29. The minimum atomic E-state index is -1.25. The molecular formula is C33H31F4N6O3U-. The zero-order valence-electron chi connectivity index (χ0n) is 25.3. The van der Waals surface area contributed by atoms with E-state index in [2.05, 4.69) is 25.8 Å². The molecule has 2 aromatic heterocycles. The molecule has 3 fully saturated rings. The van der Waals surface area contributed by atoms with Crippen molar-refractivity contribution in [2.45, 2.75) is 44.3 Å². The van der Waals surface area contributed by atoms with E-state index in [4.69, 9.17) is 21.6 Å². The van der Waals surface area contributed by atoms with Gasteiger partial charge in [0.05, 0.1) is 17.8 Å². The van der Waals surface area contributed by atoms with Crippen LogP contribution < -0.4 is 15.4 Å². The number of hydrogen-bond acceptors (Lipinski definition) is 9. The fourth-order valence-electron chi connectivity index (χ4n) is 6.86. The summed E-state index contributed by atoms with van der Waals surface area (Å²) >= 11 is 0. The van der Waals surface area contributed by atoms with Crippen molar-refractivity contribution >= 4 is 33.2 Å². The molecule has 8 rings (SSSR count). The summed E-state index contributed by atoms with van der Waals surface area (Å²) < 4.78 is 69.3. The molecule has 0 radical (unpaired) electrons. The first-order chi connectivity index (χ1) is 22.2. The second-order valence-electron chi connectivity index (χ2n) is 11.8. The number of terminal acetylenes is 1. The smallest absolute Gasteiger partial charge is 0.316 e. The molecule has 9 nitrogen and oxygen atoms in total. The van der Waals surface area contributed by atoms with Crippen LogP contribution in [0.2, 0.25) is 0 Å². The minimum Gasteiger partial charge on any atom is -0.479 e. The zero-order valence-corrected chi connectivity index (χ0v) is 29.5. The molecule has 3 saturated heterocycles. The third-order valence-electron chi connectivity index (χ3n) is 8.90. The van der Waals surface area contributed by atoms with Crippen molar-refractivity contribution in [3.63, 3.8) is 0 Å². The van der Waals surface area contributed by atoms with Crippen molar-refractivity contribution in [1.29, 1.82) is 0 Å². The molecule has 47 heavy (non-hydrogen) atoms. The summed E-state index contributed by atoms with van der Waals surface area (Å²) in [5.74, 6) is -0.831. The zero-order chi connectivity index (χ0) is 32.1. The van der Waals surface area contributed by atoms with Gasteiger partial charge in [-0.2, -0.15) is 16.4 Å². The van der Waals surface area contributed by atoms with Gasteiger partial charge in [0.25, 0.3) is 0 Å². The van der Waals surface area contributed by atoms with E-state index in [1.165, 1.54) is 24.6 Å². The van der Waals surface area contributed by atoms with Crippen LogP contribution in [0.5, 0.6) is 11.9 Å². The topological polar surface area (TPSA) is 110 Å². The number of alkyl halides is 1. The van der Waals surface area contributed by atoms with Gasteiger partial charge in [0.15, 0.2) is 17.5 Å². The number of nitrogens with two attached hydrogens (primary N) is 1. The number of nitrogen functional groups attached to an aromatic ring is 1. The van der Waals surface area contributed by atoms with Crippen LogP contribution in [0.25, 0.3) is 32.9 Å². The first kappa shape index (κ1) is 33.5. The molecule has 4 aliphatic rings. The second-order valence-corrected chi connectivity index (χ2v) is 11.8. The van der Waals surface area contributed by atoms with Crippen molar-refractivity contribution in [2.75, 3.05) is 50.1 Å². The van der Waals surface area contributed by atoms with E-state index in [1.807, 2.05) is 4.90 Å². The summed E-state index contributed by atoms with van der Waals surface area (Å²) in [7, 11) is 0. The number of ether oxygens (including phenoxy) is 2. The number of aromatic hydroxyl groups is 1. The Morgan fingerprint density at radius 3 is 2.66 bits per heavy atom. The number of fused-ring (bicyclic) bond motifs is 4. The number of rotatable bonds is 1. The summed E-state index contributed by atoms with van der Waals surface area (Å²) in [4.78, 5) is 16.8. The fraction of sp³-hybridized carbons (Fsp3) is 0.394. The van der Waals surface area contributed by atoms with Crippen LogP contribution in [0.3, 0.4) is 0 Å². The van der Waals surface area contributed by atoms with Crippen LogP contribution in [0, 0.1) is 67.0 Å². The SMILES string of the molecule is C#Cc1c(F)c(F)cc2cc(N)cc(-c3nc4c5c(nc(O)nc5c3F)N3CCCOCC[C@H]3CO4)c12.F[C@@H]1C[C-]2CCCN2C1.[U]. The van der Waals surface area contributed by atoms with Crippen LogP contribution in [-0.4, -0.2) is 76.6 Å². The Morgan fingerprint density at radius 1 is 1.04 bits per heavy atom. The van der Waals surface area contributed by atoms with Crippen molar-refractivity contribution in [3.05, 3.63) is 47.3 Å². The largest absolute Gasteiger partial charge is 0.479 e. The summed E-state index contributed by atoms with van der Waals surface area (Å²) in [6.45, 7) is 3.57. The molecule has 3 N–H and O–H groups in total. The Bertz CT molecular complexity index is 1880. The quantitative estimate of drug-likeness (QED) is 0.115. The maximum atomic E-state index is 16.2. The Morgan fingerprint density at radius 2 is 1.87 bits per heavy atom. The summed E-state index contributed by atoms with van der Waals surface area (Å²) in [6.07, 6.45) is 9.40. The maximum absolute atomic E-state index is 16.2. The van der Waals surface area contributed by atoms with Gasteiger partial charge in [-0.05, 0) is 49.5 Å². The van der Waals surface area contributed by atoms with Crippen molar-refractivity contribution in [3.8, 4) is 35.5 Å². The number of nitrogens with zero attached hydrogens (tertiary/aromatic N) is 5. The van der Waals surface area contributed by atoms with Gasteiger partial charge in [-0.1, -0.05) is 12.3 Å². The third kappa shape index (κ3) is 6.19. The molecular weight excluding hydrogens is 842 g/mol. The van der Waals surface area contributed by atoms with Crippen molar-refractivity contribution in [2.24, 2.45) is 0 Å². The number of benzene rings is 2. The van der Waals surface area contributed by atoms with Gasteiger partial charge in [-0.25, -0.2) is 28.6 Å². The standard InChI is InChI=1S/C26H20F3N5O3.C7H11FN.U/c1-2-15-18-12(9-17(27)20(15)28)8-13(30)10-16(18)22-21(29)23-19-24(33-26(35)32-23)34-5-3-6-36-7-4-14(34)11-37-25(19)31-22;8-6-4-7-2-1-3-9(7)5-6;/h1,8-10,14H,3-7,11,30H2,(H,32,33,35);6H,1-5H2;/q;-1;/t14-;6-;/m01./s1. The maximum Gasteiger partial charge on any atom is 0.316 e. The predicted octanol–water partition coefficient (Wildman–Crippen LogP) is 5.27. The van der Waals surface area contributed by atoms with E-state index in [0.717, 1.165) is 25.5 Å². The van der Waals surface area contributed by atoms with Crippen LogP contribution in [0.15, 0.2) is 18.2 Å². The van der Waals surface area contributed by atoms with Crippen molar-refractivity contribution in [1.82, 2.24) is 19.9 Å². The normalized spacial score (nSPS) is 21.0. The number of halogens is 4. The van der Waals surface area contributed by atoms with Gasteiger partial charge in [0, 0.05) is 67.5 Å². The Hall–Kier alpha value is -3.36. The molecule has 0 amide bonds. The number of hydrogen-bond donors (Lipinski definition) is 2. The molecule has 0 spiro atoms. The molecule has 6 heterocycles. The number of aromatic nitrogens is 3. The molecule has 2 aromatic carbocycles. The van der Waals surface area contributed by atoms with Gasteiger partial charge < -0.3 is 30.1 Å². The molecule has 0 unspecified atom stereocenters. The number of anilines is 2. The van der Waals surface area contributed by atoms with Crippen molar-refractivity contribution < 1.29 is 63.3 Å². The van der Waals surface area contributed by atoms with Gasteiger partial charge in [-0.15, -0.1) is 12.8 Å². The van der Waals surface area contributed by atoms with E-state index in [9.17, 15) is 18.3 Å². The van der Waals surface area contributed by atoms with Crippen LogP contribution in [-0.2, 0) is 4.74 Å². The summed E-state index contributed by atoms with van der Waals surface area (Å²) in [5.41, 5.74) is 5.30. The van der Waals surface area contributed by atoms with Gasteiger partial charge in [-0.3, -0.25) is 0 Å². The molecule has 4 aliphatic heterocycles. The molecule has 4 aromatic rings. The monoisotopic (exact) mass is 873 g/mol. The molecule has 2 atom stereocenters. The second kappa shape index (κ2) is 13.6. The van der Waals surface area contributed by atoms with E-state index < -0.39 is 35.2 Å². The van der Waals surface area contributed by atoms with Gasteiger partial charge >= 0.3 is 6.01 Å². The molecule has 244 valence electrons. The Labute approximate surface area is 292 Å². The van der Waals surface area contributed by atoms with Crippen LogP contribution >= 0.6 is 0 Å². The fourth-order valence-corrected chi connectivity index (χ4v) is 6.86. The first-order valence-electron chi connectivity index (χ1n) is 15.2. The Balaban J connectivity index is 0.000000332. The van der Waals surface area contributed by atoms with E-state index in [-0.39, 0.29) is 88.3 Å². The van der Waals surface area contributed by atoms with Gasteiger partial charge in [0.2, 0.25) is 5.88 Å². The molecule has 0 bridgehead atoms. The van der Waals surface area contributed by atoms with E-state index in [1.54, 1.807) is 0 Å². The average molecular weight is 874 g/mol. The summed E-state index contributed by atoms with van der Waals surface area (Å²) in [5, 5.41) is 10.8.